The minimum absolute atomic E-state index is 0. The second kappa shape index (κ2) is 16.1. The fourth-order valence-electron chi connectivity index (χ4n) is 1.02. The molecule has 0 spiro atoms. The van der Waals surface area contributed by atoms with Crippen LogP contribution in [0.5, 0.6) is 0 Å². The maximum Gasteiger partial charge on any atom is 0.0524 e. The van der Waals surface area contributed by atoms with Crippen LogP contribution in [-0.4, -0.2) is 49.0 Å². The second-order valence-corrected chi connectivity index (χ2v) is 7.01. The molecule has 23 heavy (non-hydrogen) atoms. The summed E-state index contributed by atoms with van der Waals surface area (Å²) in [5, 5.41) is 0. The van der Waals surface area contributed by atoms with Gasteiger partial charge in [-0.25, -0.2) is 0 Å². The first-order valence-electron chi connectivity index (χ1n) is 8.19. The van der Waals surface area contributed by atoms with Crippen molar-refractivity contribution < 1.29 is 17.1 Å². The Morgan fingerprint density at radius 3 is 1.13 bits per heavy atom. The first-order valence-corrected chi connectivity index (χ1v) is 8.19. The van der Waals surface area contributed by atoms with Crippen molar-refractivity contribution in [1.29, 1.82) is 0 Å². The van der Waals surface area contributed by atoms with Crippen molar-refractivity contribution in [3.8, 4) is 0 Å². The van der Waals surface area contributed by atoms with Crippen molar-refractivity contribution in [3.63, 3.8) is 0 Å². The molecular weight excluding hydrogens is 328 g/mol. The molecule has 0 unspecified atom stereocenters. The number of hydrogen-bond acceptors (Lipinski definition) is 4. The molecule has 0 aliphatic heterocycles. The van der Waals surface area contributed by atoms with Crippen LogP contribution in [0.25, 0.3) is 0 Å². The SMILES string of the molecule is CC(C)(C)N=CC=NC(C)(C)C.CCCN=CC=NCCC.[Fe]. The molecule has 0 aromatic carbocycles. The van der Waals surface area contributed by atoms with Crippen molar-refractivity contribution in [1.82, 2.24) is 0 Å². The summed E-state index contributed by atoms with van der Waals surface area (Å²) in [5.74, 6) is 0. The molecule has 4 nitrogen and oxygen atoms in total. The predicted octanol–water partition coefficient (Wildman–Crippen LogP) is 4.67. The zero-order valence-corrected chi connectivity index (χ0v) is 17.4. The van der Waals surface area contributed by atoms with E-state index in [1.807, 2.05) is 0 Å². The molecule has 0 fully saturated rings. The zero-order valence-electron chi connectivity index (χ0n) is 16.3. The van der Waals surface area contributed by atoms with Gasteiger partial charge in [-0.2, -0.15) is 0 Å². The number of nitrogens with zero attached hydrogens (tertiary/aromatic N) is 4. The van der Waals surface area contributed by atoms with E-state index in [4.69, 9.17) is 0 Å². The van der Waals surface area contributed by atoms with Crippen LogP contribution in [0.2, 0.25) is 0 Å². The van der Waals surface area contributed by atoms with Crippen LogP contribution in [-0.2, 0) is 17.1 Å². The van der Waals surface area contributed by atoms with Gasteiger partial charge in [-0.1, -0.05) is 13.8 Å². The number of hydrogen-bond donors (Lipinski definition) is 0. The molecule has 136 valence electrons. The van der Waals surface area contributed by atoms with Crippen LogP contribution in [0.3, 0.4) is 0 Å². The second-order valence-electron chi connectivity index (χ2n) is 7.01. The van der Waals surface area contributed by atoms with E-state index in [9.17, 15) is 0 Å². The summed E-state index contributed by atoms with van der Waals surface area (Å²) in [4.78, 5) is 16.7. The average molecular weight is 364 g/mol. The molecule has 0 radical (unpaired) electrons. The summed E-state index contributed by atoms with van der Waals surface area (Å²) in [5.41, 5.74) is 0.00775. The molecule has 0 saturated carbocycles. The Bertz CT molecular complexity index is 322. The Labute approximate surface area is 154 Å². The molecule has 0 aromatic rings. The van der Waals surface area contributed by atoms with Crippen molar-refractivity contribution >= 4 is 24.9 Å². The Balaban J connectivity index is -0.000000338. The van der Waals surface area contributed by atoms with Gasteiger partial charge in [0.15, 0.2) is 0 Å². The molecule has 0 aliphatic rings. The van der Waals surface area contributed by atoms with E-state index in [1.165, 1.54) is 0 Å². The van der Waals surface area contributed by atoms with Gasteiger partial charge in [0.1, 0.15) is 0 Å². The fraction of sp³-hybridized carbons (Fsp3) is 0.778. The smallest absolute Gasteiger partial charge is 0.0524 e. The maximum atomic E-state index is 4.29. The van der Waals surface area contributed by atoms with Gasteiger partial charge in [0.05, 0.1) is 11.1 Å². The maximum absolute atomic E-state index is 4.29. The van der Waals surface area contributed by atoms with Crippen LogP contribution in [0.15, 0.2) is 20.0 Å². The summed E-state index contributed by atoms with van der Waals surface area (Å²) in [6.45, 7) is 18.4. The minimum atomic E-state index is 0. The third-order valence-corrected chi connectivity index (χ3v) is 1.97. The first-order chi connectivity index (χ1) is 10.1. The van der Waals surface area contributed by atoms with Crippen molar-refractivity contribution in [2.24, 2.45) is 20.0 Å². The van der Waals surface area contributed by atoms with E-state index < -0.39 is 0 Å². The van der Waals surface area contributed by atoms with Gasteiger partial charge in [-0.3, -0.25) is 20.0 Å². The van der Waals surface area contributed by atoms with Gasteiger partial charge >= 0.3 is 0 Å². The Morgan fingerprint density at radius 2 is 0.913 bits per heavy atom. The standard InChI is InChI=1S/C10H20N2.C8H16N2.Fe/c1-9(2,3)11-7-8-12-10(4,5)6;1-3-5-9-7-8-10-6-4-2;/h7-8H,1-6H3;7-8H,3-6H2,1-2H3;. The van der Waals surface area contributed by atoms with Gasteiger partial charge in [-0.05, 0) is 54.4 Å². The van der Waals surface area contributed by atoms with Crippen molar-refractivity contribution in [2.75, 3.05) is 13.1 Å². The predicted molar refractivity (Wildman–Crippen MR) is 104 cm³/mol. The van der Waals surface area contributed by atoms with E-state index in [-0.39, 0.29) is 28.1 Å². The van der Waals surface area contributed by atoms with E-state index in [0.717, 1.165) is 25.9 Å². The molecule has 0 rings (SSSR count). The van der Waals surface area contributed by atoms with Gasteiger partial charge in [0.2, 0.25) is 0 Å². The van der Waals surface area contributed by atoms with E-state index in [2.05, 4.69) is 75.4 Å². The normalized spacial score (nSPS) is 12.9. The molecular formula is C18H36FeN4. The molecule has 0 aliphatic carbocycles. The third-order valence-electron chi connectivity index (χ3n) is 1.97. The quantitative estimate of drug-likeness (QED) is 0.486. The molecule has 0 amide bonds. The largest absolute Gasteiger partial charge is 0.292 e. The molecule has 5 heteroatoms. The fourth-order valence-corrected chi connectivity index (χ4v) is 1.02. The summed E-state index contributed by atoms with van der Waals surface area (Å²) in [6.07, 6.45) is 9.31. The molecule has 0 heterocycles. The first kappa shape index (κ1) is 27.1. The Hall–Kier alpha value is -0.801. The summed E-state index contributed by atoms with van der Waals surface area (Å²) in [7, 11) is 0. The average Bonchev–Trinajstić information content (AvgIpc) is 2.38. The van der Waals surface area contributed by atoms with Gasteiger partial charge < -0.3 is 0 Å². The number of aliphatic imine (C=N–C) groups is 4. The minimum Gasteiger partial charge on any atom is -0.292 e. The molecule has 0 N–H and O–H groups in total. The van der Waals surface area contributed by atoms with Gasteiger partial charge in [0, 0.05) is 55.0 Å². The van der Waals surface area contributed by atoms with Crippen LogP contribution < -0.4 is 0 Å². The van der Waals surface area contributed by atoms with E-state index in [0.29, 0.717) is 0 Å². The van der Waals surface area contributed by atoms with Crippen LogP contribution >= 0.6 is 0 Å². The topological polar surface area (TPSA) is 49.4 Å². The van der Waals surface area contributed by atoms with Crippen molar-refractivity contribution in [2.45, 2.75) is 79.3 Å². The van der Waals surface area contributed by atoms with Gasteiger partial charge in [-0.15, -0.1) is 0 Å². The van der Waals surface area contributed by atoms with Crippen LogP contribution in [0.1, 0.15) is 68.2 Å². The molecule has 0 saturated heterocycles. The van der Waals surface area contributed by atoms with Crippen LogP contribution in [0, 0.1) is 0 Å². The Kier molecular flexibility index (Phi) is 18.9. The third kappa shape index (κ3) is 33.8. The zero-order chi connectivity index (χ0) is 17.5. The summed E-state index contributed by atoms with van der Waals surface area (Å²) >= 11 is 0. The summed E-state index contributed by atoms with van der Waals surface area (Å²) in [6, 6.07) is 0. The van der Waals surface area contributed by atoms with Crippen LogP contribution in [0.4, 0.5) is 0 Å². The molecule has 0 bridgehead atoms. The molecule has 0 atom stereocenters. The Morgan fingerprint density at radius 1 is 0.609 bits per heavy atom. The number of rotatable bonds is 6. The van der Waals surface area contributed by atoms with E-state index in [1.54, 1.807) is 24.9 Å². The van der Waals surface area contributed by atoms with Crippen molar-refractivity contribution in [3.05, 3.63) is 0 Å². The summed E-state index contributed by atoms with van der Waals surface area (Å²) < 4.78 is 0. The van der Waals surface area contributed by atoms with Gasteiger partial charge in [0.25, 0.3) is 0 Å². The monoisotopic (exact) mass is 364 g/mol. The van der Waals surface area contributed by atoms with E-state index >= 15 is 0 Å². The molecule has 0 aromatic heterocycles.